The van der Waals surface area contributed by atoms with Crippen molar-refractivity contribution >= 4 is 28.7 Å². The summed E-state index contributed by atoms with van der Waals surface area (Å²) < 4.78 is 5.48. The molecule has 0 heterocycles. The van der Waals surface area contributed by atoms with Crippen molar-refractivity contribution in [3.63, 3.8) is 0 Å². The van der Waals surface area contributed by atoms with Crippen molar-refractivity contribution in [3.05, 3.63) is 53.6 Å². The Labute approximate surface area is 161 Å². The van der Waals surface area contributed by atoms with E-state index in [4.69, 9.17) is 22.2 Å². The second-order valence-corrected chi connectivity index (χ2v) is 6.21. The maximum absolute atomic E-state index is 9.05. The summed E-state index contributed by atoms with van der Waals surface area (Å²) in [7, 11) is 1.64. The molecule has 0 radical (unpaired) electrons. The predicted octanol–water partition coefficient (Wildman–Crippen LogP) is 4.94. The van der Waals surface area contributed by atoms with E-state index in [0.29, 0.717) is 18.1 Å². The number of nitriles is 1. The molecule has 136 valence electrons. The average molecular weight is 368 g/mol. The summed E-state index contributed by atoms with van der Waals surface area (Å²) in [4.78, 5) is 1.93. The van der Waals surface area contributed by atoms with Gasteiger partial charge in [-0.05, 0) is 48.3 Å². The highest BCUT2D eigenvalue weighted by Crippen LogP contribution is 2.30. The topological polar surface area (TPSA) is 48.3 Å². The molecule has 0 aliphatic heterocycles. The normalized spacial score (nSPS) is 10.1. The molecule has 4 nitrogen and oxygen atoms in total. The first kappa shape index (κ1) is 19.7. The Morgan fingerprint density at radius 1 is 1.12 bits per heavy atom. The summed E-state index contributed by atoms with van der Waals surface area (Å²) in [5.74, 6) is 0.731. The molecule has 2 aromatic rings. The van der Waals surface area contributed by atoms with Crippen LogP contribution in [0.15, 0.2) is 42.5 Å². The largest absolute Gasteiger partial charge is 0.495 e. The third-order valence-corrected chi connectivity index (χ3v) is 4.62. The lowest BCUT2D eigenvalue weighted by molar-refractivity contribution is 0.415. The summed E-state index contributed by atoms with van der Waals surface area (Å²) in [6.45, 7) is 4.77. The molecular formula is C21H25N3OS. The standard InChI is InChI=1S/C21H25N3OS/c1-4-16-10-8-11-17(5-2)20(16)23-21(26)24(15-9-14-22)18-12-6-7-13-19(18)25-3/h6-8,10-13H,4-5,9,15H2,1-3H3,(H,23,26). The fourth-order valence-corrected chi connectivity index (χ4v) is 3.22. The number of hydrogen-bond donors (Lipinski definition) is 1. The van der Waals surface area contributed by atoms with Crippen LogP contribution in [-0.4, -0.2) is 18.8 Å². The highest BCUT2D eigenvalue weighted by atomic mass is 32.1. The van der Waals surface area contributed by atoms with Gasteiger partial charge in [0.25, 0.3) is 0 Å². The van der Waals surface area contributed by atoms with Gasteiger partial charge in [-0.3, -0.25) is 0 Å². The Kier molecular flexibility index (Phi) is 7.43. The molecule has 0 bridgehead atoms. The van der Waals surface area contributed by atoms with Gasteiger partial charge in [-0.15, -0.1) is 0 Å². The van der Waals surface area contributed by atoms with Gasteiger partial charge >= 0.3 is 0 Å². The van der Waals surface area contributed by atoms with E-state index in [1.54, 1.807) is 7.11 Å². The number of para-hydroxylation sites is 3. The third kappa shape index (κ3) is 4.53. The fraction of sp³-hybridized carbons (Fsp3) is 0.333. The van der Waals surface area contributed by atoms with Crippen LogP contribution < -0.4 is 15.0 Å². The van der Waals surface area contributed by atoms with Gasteiger partial charge in [-0.1, -0.05) is 44.2 Å². The summed E-state index contributed by atoms with van der Waals surface area (Å²) >= 11 is 5.73. The minimum atomic E-state index is 0.371. The van der Waals surface area contributed by atoms with E-state index in [0.717, 1.165) is 30.0 Å². The maximum atomic E-state index is 9.05. The number of methoxy groups -OCH3 is 1. The minimum absolute atomic E-state index is 0.371. The molecule has 5 heteroatoms. The Hall–Kier alpha value is -2.58. The second-order valence-electron chi connectivity index (χ2n) is 5.82. The number of hydrogen-bond acceptors (Lipinski definition) is 3. The van der Waals surface area contributed by atoms with Crippen molar-refractivity contribution in [2.45, 2.75) is 33.1 Å². The number of rotatable bonds is 7. The third-order valence-electron chi connectivity index (χ3n) is 4.30. The number of ether oxygens (including phenoxy) is 1. The minimum Gasteiger partial charge on any atom is -0.495 e. The first-order valence-corrected chi connectivity index (χ1v) is 9.26. The van der Waals surface area contributed by atoms with Crippen molar-refractivity contribution in [2.24, 2.45) is 0 Å². The summed E-state index contributed by atoms with van der Waals surface area (Å²) in [6.07, 6.45) is 2.22. The van der Waals surface area contributed by atoms with Crippen molar-refractivity contribution < 1.29 is 4.74 Å². The zero-order chi connectivity index (χ0) is 18.9. The molecule has 2 aromatic carbocycles. The van der Waals surface area contributed by atoms with Crippen LogP contribution in [0, 0.1) is 11.3 Å². The lowest BCUT2D eigenvalue weighted by Gasteiger charge is -2.28. The molecular weight excluding hydrogens is 342 g/mol. The molecule has 0 amide bonds. The van der Waals surface area contributed by atoms with Crippen LogP contribution in [-0.2, 0) is 12.8 Å². The van der Waals surface area contributed by atoms with Gasteiger partial charge in [0.05, 0.1) is 25.3 Å². The molecule has 0 saturated carbocycles. The van der Waals surface area contributed by atoms with Crippen LogP contribution >= 0.6 is 12.2 Å². The average Bonchev–Trinajstić information content (AvgIpc) is 2.68. The second kappa shape index (κ2) is 9.79. The fourth-order valence-electron chi connectivity index (χ4n) is 2.92. The van der Waals surface area contributed by atoms with Gasteiger partial charge in [0, 0.05) is 12.2 Å². The van der Waals surface area contributed by atoms with Gasteiger partial charge < -0.3 is 15.0 Å². The number of aryl methyl sites for hydroxylation is 2. The zero-order valence-corrected chi connectivity index (χ0v) is 16.4. The zero-order valence-electron chi connectivity index (χ0n) is 15.6. The van der Waals surface area contributed by atoms with Crippen LogP contribution in [0.5, 0.6) is 5.75 Å². The van der Waals surface area contributed by atoms with Gasteiger partial charge in [0.1, 0.15) is 5.75 Å². The molecule has 0 unspecified atom stereocenters. The van der Waals surface area contributed by atoms with Gasteiger partial charge in [0.2, 0.25) is 0 Å². The highest BCUT2D eigenvalue weighted by molar-refractivity contribution is 7.80. The smallest absolute Gasteiger partial charge is 0.178 e. The van der Waals surface area contributed by atoms with Gasteiger partial charge in [-0.2, -0.15) is 5.26 Å². The molecule has 26 heavy (non-hydrogen) atoms. The van der Waals surface area contributed by atoms with Crippen LogP contribution in [0.25, 0.3) is 0 Å². The first-order valence-electron chi connectivity index (χ1n) is 8.85. The molecule has 0 aliphatic carbocycles. The lowest BCUT2D eigenvalue weighted by Crippen LogP contribution is -2.36. The molecule has 0 saturated heterocycles. The molecule has 0 aromatic heterocycles. The van der Waals surface area contributed by atoms with Crippen molar-refractivity contribution in [3.8, 4) is 11.8 Å². The van der Waals surface area contributed by atoms with Gasteiger partial charge in [0.15, 0.2) is 5.11 Å². The SMILES string of the molecule is CCc1cccc(CC)c1NC(=S)N(CCC#N)c1ccccc1OC. The van der Waals surface area contributed by atoms with E-state index in [1.165, 1.54) is 11.1 Å². The highest BCUT2D eigenvalue weighted by Gasteiger charge is 2.18. The number of thiocarbonyl (C=S) groups is 1. The Bertz CT molecular complexity index is 776. The van der Waals surface area contributed by atoms with E-state index in [1.807, 2.05) is 29.2 Å². The quantitative estimate of drug-likeness (QED) is 0.703. The molecule has 2 rings (SSSR count). The van der Waals surface area contributed by atoms with Gasteiger partial charge in [-0.25, -0.2) is 0 Å². The number of nitrogens with one attached hydrogen (secondary N) is 1. The lowest BCUT2D eigenvalue weighted by atomic mass is 10.0. The molecule has 0 spiro atoms. The molecule has 0 atom stereocenters. The van der Waals surface area contributed by atoms with E-state index in [9.17, 15) is 0 Å². The van der Waals surface area contributed by atoms with Crippen molar-refractivity contribution in [1.82, 2.24) is 0 Å². The summed E-state index contributed by atoms with van der Waals surface area (Å²) in [5, 5.41) is 13.1. The van der Waals surface area contributed by atoms with E-state index < -0.39 is 0 Å². The van der Waals surface area contributed by atoms with Crippen LogP contribution in [0.2, 0.25) is 0 Å². The van der Waals surface area contributed by atoms with Crippen LogP contribution in [0.4, 0.5) is 11.4 Å². The first-order chi connectivity index (χ1) is 12.7. The Balaban J connectivity index is 2.38. The van der Waals surface area contributed by atoms with Crippen molar-refractivity contribution in [2.75, 3.05) is 23.9 Å². The Morgan fingerprint density at radius 3 is 2.35 bits per heavy atom. The van der Waals surface area contributed by atoms with E-state index in [-0.39, 0.29) is 0 Å². The van der Waals surface area contributed by atoms with Crippen LogP contribution in [0.3, 0.4) is 0 Å². The van der Waals surface area contributed by atoms with Crippen LogP contribution in [0.1, 0.15) is 31.4 Å². The summed E-state index contributed by atoms with van der Waals surface area (Å²) in [5.41, 5.74) is 4.38. The molecule has 0 aliphatic rings. The predicted molar refractivity (Wildman–Crippen MR) is 112 cm³/mol. The monoisotopic (exact) mass is 367 g/mol. The molecule has 1 N–H and O–H groups in total. The van der Waals surface area contributed by atoms with Crippen molar-refractivity contribution in [1.29, 1.82) is 5.26 Å². The van der Waals surface area contributed by atoms with E-state index >= 15 is 0 Å². The molecule has 0 fully saturated rings. The number of benzene rings is 2. The number of anilines is 2. The maximum Gasteiger partial charge on any atom is 0.178 e. The van der Waals surface area contributed by atoms with E-state index in [2.05, 4.69) is 43.4 Å². The Morgan fingerprint density at radius 2 is 1.77 bits per heavy atom. The number of nitrogens with zero attached hydrogens (tertiary/aromatic N) is 2. The summed E-state index contributed by atoms with van der Waals surface area (Å²) in [6, 6.07) is 16.2.